The molecule has 0 saturated carbocycles. The Morgan fingerprint density at radius 1 is 1.08 bits per heavy atom. The first kappa shape index (κ1) is 27.6. The molecule has 0 bridgehead atoms. The summed E-state index contributed by atoms with van der Waals surface area (Å²) in [7, 11) is 0. The summed E-state index contributed by atoms with van der Waals surface area (Å²) in [6, 6.07) is 12.3. The minimum atomic E-state index is -4.56. The highest BCUT2D eigenvalue weighted by molar-refractivity contribution is 7.99. The van der Waals surface area contributed by atoms with Gasteiger partial charge in [-0.1, -0.05) is 24.3 Å². The zero-order chi connectivity index (χ0) is 25.2. The fourth-order valence-corrected chi connectivity index (χ4v) is 4.66. The molecule has 4 rings (SSSR count). The zero-order valence-electron chi connectivity index (χ0n) is 18.8. The molecule has 2 heterocycles. The molecule has 1 atom stereocenters. The van der Waals surface area contributed by atoms with Crippen LogP contribution in [-0.2, 0) is 23.9 Å². The van der Waals surface area contributed by atoms with Crippen molar-refractivity contribution >= 4 is 41.5 Å². The van der Waals surface area contributed by atoms with E-state index in [2.05, 4.69) is 4.98 Å². The number of hydrogen-bond donors (Lipinski definition) is 1. The maximum atomic E-state index is 13.1. The number of carbonyl (C=O) groups is 2. The third kappa shape index (κ3) is 6.43. The average molecular weight is 540 g/mol. The highest BCUT2D eigenvalue weighted by atomic mass is 35.5. The number of carbonyl (C=O) groups excluding carboxylic acids is 2. The summed E-state index contributed by atoms with van der Waals surface area (Å²) in [5.41, 5.74) is 7.09. The van der Waals surface area contributed by atoms with E-state index in [0.717, 1.165) is 22.7 Å². The van der Waals surface area contributed by atoms with E-state index in [0.29, 0.717) is 29.0 Å². The number of halogens is 5. The minimum Gasteiger partial charge on any atom is -0.319 e. The number of fused-ring (bicyclic) bond motifs is 1. The van der Waals surface area contributed by atoms with Crippen LogP contribution in [0.1, 0.15) is 33.6 Å². The standard InChI is InChI=1S/C25H21F4N3O2S.ClH/c26-18-6-1-15(2-7-18)3-8-21(33)17-5-9-22-20(11-17)32(24(34)19(30)14-35-22)13-16-4-10-23(31-12-16)25(27,28)29;/h1-2,4-7,9-12,19H,3,8,13-14,30H2;1H/t19-;/m0./s1. The molecule has 3 aromatic rings. The first-order valence-electron chi connectivity index (χ1n) is 10.8. The first-order valence-corrected chi connectivity index (χ1v) is 11.7. The number of aryl methyl sites for hydroxylation is 1. The predicted molar refractivity (Wildman–Crippen MR) is 132 cm³/mol. The molecule has 1 amide bonds. The number of rotatable bonds is 6. The van der Waals surface area contributed by atoms with Crippen molar-refractivity contribution in [2.75, 3.05) is 10.7 Å². The average Bonchev–Trinajstić information content (AvgIpc) is 2.95. The van der Waals surface area contributed by atoms with Crippen molar-refractivity contribution < 1.29 is 27.2 Å². The maximum absolute atomic E-state index is 13.1. The first-order chi connectivity index (χ1) is 16.6. The molecule has 2 N–H and O–H groups in total. The molecule has 11 heteroatoms. The van der Waals surface area contributed by atoms with Crippen molar-refractivity contribution in [2.24, 2.45) is 5.73 Å². The number of hydrogen-bond acceptors (Lipinski definition) is 5. The van der Waals surface area contributed by atoms with E-state index in [9.17, 15) is 27.2 Å². The number of benzene rings is 2. The Hall–Kier alpha value is -2.95. The van der Waals surface area contributed by atoms with Gasteiger partial charge in [-0.05, 0) is 47.9 Å². The molecular formula is C25H22ClF4N3O2S. The summed E-state index contributed by atoms with van der Waals surface area (Å²) in [4.78, 5) is 31.5. The monoisotopic (exact) mass is 539 g/mol. The van der Waals surface area contributed by atoms with Crippen LogP contribution in [-0.4, -0.2) is 28.5 Å². The van der Waals surface area contributed by atoms with Crippen molar-refractivity contribution in [3.8, 4) is 0 Å². The molecule has 36 heavy (non-hydrogen) atoms. The Morgan fingerprint density at radius 3 is 2.42 bits per heavy atom. The van der Waals surface area contributed by atoms with Crippen LogP contribution in [0.4, 0.5) is 23.2 Å². The van der Waals surface area contributed by atoms with Crippen molar-refractivity contribution in [3.63, 3.8) is 0 Å². The fourth-order valence-electron chi connectivity index (χ4n) is 3.68. The SMILES string of the molecule is Cl.N[C@H]1CSc2ccc(C(=O)CCc3ccc(F)cc3)cc2N(Cc2ccc(C(F)(F)F)nc2)C1=O. The topological polar surface area (TPSA) is 76.3 Å². The molecule has 1 aliphatic heterocycles. The Morgan fingerprint density at radius 2 is 1.78 bits per heavy atom. The lowest BCUT2D eigenvalue weighted by molar-refractivity contribution is -0.141. The van der Waals surface area contributed by atoms with Crippen molar-refractivity contribution in [3.05, 3.63) is 89.0 Å². The van der Waals surface area contributed by atoms with Gasteiger partial charge in [-0.3, -0.25) is 14.6 Å². The number of alkyl halides is 3. The van der Waals surface area contributed by atoms with Gasteiger partial charge in [0, 0.05) is 28.8 Å². The lowest BCUT2D eigenvalue weighted by Crippen LogP contribution is -2.44. The number of anilines is 1. The second kappa shape index (κ2) is 11.4. The Bertz CT molecular complexity index is 1240. The highest BCUT2D eigenvalue weighted by Crippen LogP contribution is 2.36. The van der Waals surface area contributed by atoms with Crippen molar-refractivity contribution in [2.45, 2.75) is 36.5 Å². The van der Waals surface area contributed by atoms with Crippen LogP contribution in [0.2, 0.25) is 0 Å². The van der Waals surface area contributed by atoms with E-state index in [1.165, 1.54) is 34.9 Å². The van der Waals surface area contributed by atoms with Gasteiger partial charge in [0.25, 0.3) is 0 Å². The second-order valence-electron chi connectivity index (χ2n) is 8.12. The molecule has 5 nitrogen and oxygen atoms in total. The number of pyridine rings is 1. The molecular weight excluding hydrogens is 518 g/mol. The number of aromatic nitrogens is 1. The molecule has 1 aliphatic rings. The summed E-state index contributed by atoms with van der Waals surface area (Å²) in [5, 5.41) is 0. The lowest BCUT2D eigenvalue weighted by Gasteiger charge is -2.25. The van der Waals surface area contributed by atoms with E-state index in [1.54, 1.807) is 30.3 Å². The van der Waals surface area contributed by atoms with E-state index >= 15 is 0 Å². The van der Waals surface area contributed by atoms with Crippen LogP contribution in [0.25, 0.3) is 0 Å². The maximum Gasteiger partial charge on any atom is 0.433 e. The lowest BCUT2D eigenvalue weighted by atomic mass is 10.0. The van der Waals surface area contributed by atoms with Gasteiger partial charge in [-0.25, -0.2) is 4.39 Å². The van der Waals surface area contributed by atoms with E-state index in [4.69, 9.17) is 5.73 Å². The van der Waals surface area contributed by atoms with Crippen LogP contribution >= 0.6 is 24.2 Å². The van der Waals surface area contributed by atoms with Gasteiger partial charge in [0.2, 0.25) is 5.91 Å². The minimum absolute atomic E-state index is 0. The molecule has 1 aromatic heterocycles. The Balaban J connectivity index is 0.00000361. The van der Waals surface area contributed by atoms with Crippen molar-refractivity contribution in [1.29, 1.82) is 0 Å². The molecule has 0 unspecified atom stereocenters. The van der Waals surface area contributed by atoms with E-state index < -0.39 is 23.8 Å². The molecule has 0 radical (unpaired) electrons. The van der Waals surface area contributed by atoms with Gasteiger partial charge < -0.3 is 10.6 Å². The molecule has 0 saturated heterocycles. The number of Topliss-reactive ketones (excluding diaryl/α,β-unsaturated/α-hetero) is 1. The summed E-state index contributed by atoms with van der Waals surface area (Å²) >= 11 is 1.37. The Labute approximate surface area is 215 Å². The number of nitrogens with zero attached hydrogens (tertiary/aromatic N) is 2. The third-order valence-corrected chi connectivity index (χ3v) is 6.77. The smallest absolute Gasteiger partial charge is 0.319 e. The van der Waals surface area contributed by atoms with E-state index in [-0.39, 0.29) is 37.0 Å². The van der Waals surface area contributed by atoms with Gasteiger partial charge in [-0.2, -0.15) is 13.2 Å². The van der Waals surface area contributed by atoms with Crippen LogP contribution < -0.4 is 10.6 Å². The quantitative estimate of drug-likeness (QED) is 0.333. The summed E-state index contributed by atoms with van der Waals surface area (Å²) < 4.78 is 51.7. The zero-order valence-corrected chi connectivity index (χ0v) is 20.4. The second-order valence-corrected chi connectivity index (χ2v) is 9.19. The van der Waals surface area contributed by atoms with Crippen LogP contribution in [0, 0.1) is 5.82 Å². The molecule has 0 fully saturated rings. The van der Waals surface area contributed by atoms with Crippen molar-refractivity contribution in [1.82, 2.24) is 4.98 Å². The predicted octanol–water partition coefficient (Wildman–Crippen LogP) is 5.44. The summed E-state index contributed by atoms with van der Waals surface area (Å²) in [6.45, 7) is -0.0432. The highest BCUT2D eigenvalue weighted by Gasteiger charge is 2.33. The van der Waals surface area contributed by atoms with Crippen LogP contribution in [0.3, 0.4) is 0 Å². The Kier molecular flexibility index (Phi) is 8.76. The molecule has 0 spiro atoms. The summed E-state index contributed by atoms with van der Waals surface area (Å²) in [6.07, 6.45) is -2.87. The largest absolute Gasteiger partial charge is 0.433 e. The van der Waals surface area contributed by atoms with Crippen LogP contribution in [0.5, 0.6) is 0 Å². The van der Waals surface area contributed by atoms with Gasteiger partial charge in [0.05, 0.1) is 18.3 Å². The molecule has 0 aliphatic carbocycles. The molecule has 190 valence electrons. The summed E-state index contributed by atoms with van der Waals surface area (Å²) in [5.74, 6) is -0.577. The van der Waals surface area contributed by atoms with Crippen LogP contribution in [0.15, 0.2) is 65.7 Å². The molecule has 2 aromatic carbocycles. The number of ketones is 1. The normalized spacial score (nSPS) is 15.6. The van der Waals surface area contributed by atoms with Gasteiger partial charge in [0.15, 0.2) is 5.78 Å². The van der Waals surface area contributed by atoms with E-state index in [1.807, 2.05) is 0 Å². The van der Waals surface area contributed by atoms with Gasteiger partial charge in [-0.15, -0.1) is 24.2 Å². The number of amides is 1. The van der Waals surface area contributed by atoms with Gasteiger partial charge >= 0.3 is 6.18 Å². The number of thioether (sulfide) groups is 1. The van der Waals surface area contributed by atoms with Gasteiger partial charge in [0.1, 0.15) is 11.5 Å². The third-order valence-electron chi connectivity index (χ3n) is 5.58. The number of nitrogens with two attached hydrogens (primary N) is 1. The fraction of sp³-hybridized carbons (Fsp3) is 0.240.